The summed E-state index contributed by atoms with van der Waals surface area (Å²) >= 11 is 0. The Hall–Kier alpha value is -2.60. The highest BCUT2D eigenvalue weighted by molar-refractivity contribution is 5.94. The summed E-state index contributed by atoms with van der Waals surface area (Å²) in [5, 5.41) is 0. The van der Waals surface area contributed by atoms with Gasteiger partial charge in [0.15, 0.2) is 12.4 Å². The molecule has 0 spiro atoms. The number of Topliss-reactive ketones (excluding diaryl/α,β-unsaturated/α-hetero) is 1. The number of ether oxygens (including phenoxy) is 1. The lowest BCUT2D eigenvalue weighted by molar-refractivity contribution is -0.137. The summed E-state index contributed by atoms with van der Waals surface area (Å²) in [6.45, 7) is 3.88. The van der Waals surface area contributed by atoms with Crippen LogP contribution in [0.4, 0.5) is 0 Å². The van der Waals surface area contributed by atoms with Crippen LogP contribution in [0.1, 0.15) is 35.9 Å². The summed E-state index contributed by atoms with van der Waals surface area (Å²) in [5.41, 5.74) is 0.624. The number of benzene rings is 1. The van der Waals surface area contributed by atoms with E-state index < -0.39 is 0 Å². The highest BCUT2D eigenvalue weighted by atomic mass is 16.5. The molecule has 1 aliphatic rings. The van der Waals surface area contributed by atoms with Crippen molar-refractivity contribution in [3.8, 4) is 5.75 Å². The fraction of sp³-hybridized carbons (Fsp3) is 0.429. The molecule has 6 heteroatoms. The van der Waals surface area contributed by atoms with Gasteiger partial charge in [-0.3, -0.25) is 9.59 Å². The molecule has 1 amide bonds. The van der Waals surface area contributed by atoms with Gasteiger partial charge in [-0.1, -0.05) is 0 Å². The lowest BCUT2D eigenvalue weighted by Gasteiger charge is -2.37. The van der Waals surface area contributed by atoms with E-state index in [1.165, 1.54) is 6.92 Å². The van der Waals surface area contributed by atoms with Gasteiger partial charge in [-0.15, -0.1) is 0 Å². The van der Waals surface area contributed by atoms with Crippen LogP contribution in [0.3, 0.4) is 0 Å². The minimum atomic E-state index is -0.0587. The minimum absolute atomic E-state index is 0.00418. The molecule has 1 saturated heterocycles. The van der Waals surface area contributed by atoms with Crippen LogP contribution in [0, 0.1) is 0 Å². The number of carbonyl (C=O) groups is 2. The minimum Gasteiger partial charge on any atom is -0.484 e. The van der Waals surface area contributed by atoms with Crippen molar-refractivity contribution in [1.29, 1.82) is 0 Å². The van der Waals surface area contributed by atoms with Crippen molar-refractivity contribution in [2.75, 3.05) is 26.7 Å². The van der Waals surface area contributed by atoms with Gasteiger partial charge in [-0.2, -0.15) is 0 Å². The number of carbonyl (C=O) groups excluding carboxylic acids is 2. The molecule has 6 nitrogen and oxygen atoms in total. The third-order valence-corrected chi connectivity index (χ3v) is 4.98. The standard InChI is InChI=1S/C21H26N2O4/c1-16(24)17-5-7-19(8-6-17)27-15-21(25)23(14-20-4-3-13-26-20)18-9-11-22(2)12-10-18/h3-8,13,18H,9-12,14-15H2,1-2H3. The molecule has 1 aromatic carbocycles. The molecular weight excluding hydrogens is 344 g/mol. The van der Waals surface area contributed by atoms with E-state index in [0.29, 0.717) is 17.9 Å². The molecule has 0 atom stereocenters. The van der Waals surface area contributed by atoms with Crippen molar-refractivity contribution in [3.63, 3.8) is 0 Å². The average molecular weight is 370 g/mol. The van der Waals surface area contributed by atoms with E-state index in [4.69, 9.17) is 9.15 Å². The fourth-order valence-electron chi connectivity index (χ4n) is 3.31. The van der Waals surface area contributed by atoms with Gasteiger partial charge in [0, 0.05) is 11.6 Å². The maximum atomic E-state index is 12.9. The van der Waals surface area contributed by atoms with E-state index in [2.05, 4.69) is 11.9 Å². The Labute approximate surface area is 159 Å². The second-order valence-corrected chi connectivity index (χ2v) is 7.00. The average Bonchev–Trinajstić information content (AvgIpc) is 3.18. The van der Waals surface area contributed by atoms with Crippen LogP contribution in [0.25, 0.3) is 0 Å². The fourth-order valence-corrected chi connectivity index (χ4v) is 3.31. The van der Waals surface area contributed by atoms with Crippen LogP contribution in [0.2, 0.25) is 0 Å². The van der Waals surface area contributed by atoms with Gasteiger partial charge in [-0.25, -0.2) is 0 Å². The number of ketones is 1. The number of furan rings is 1. The number of hydrogen-bond donors (Lipinski definition) is 0. The van der Waals surface area contributed by atoms with Crippen molar-refractivity contribution in [3.05, 3.63) is 54.0 Å². The molecule has 0 N–H and O–H groups in total. The molecule has 1 aliphatic heterocycles. The molecule has 0 aliphatic carbocycles. The van der Waals surface area contributed by atoms with Gasteiger partial charge in [0.05, 0.1) is 12.8 Å². The van der Waals surface area contributed by atoms with E-state index in [1.807, 2.05) is 17.0 Å². The number of rotatable bonds is 7. The van der Waals surface area contributed by atoms with Crippen LogP contribution in [-0.4, -0.2) is 54.3 Å². The predicted molar refractivity (Wildman–Crippen MR) is 102 cm³/mol. The molecule has 3 rings (SSSR count). The maximum Gasteiger partial charge on any atom is 0.261 e. The molecule has 144 valence electrons. The second kappa shape index (κ2) is 8.86. The van der Waals surface area contributed by atoms with Gasteiger partial charge < -0.3 is 19.0 Å². The molecule has 0 bridgehead atoms. The van der Waals surface area contributed by atoms with Crippen LogP contribution in [0.15, 0.2) is 47.1 Å². The van der Waals surface area contributed by atoms with Gasteiger partial charge in [-0.05, 0) is 76.3 Å². The van der Waals surface area contributed by atoms with Gasteiger partial charge in [0.2, 0.25) is 0 Å². The topological polar surface area (TPSA) is 63.0 Å². The molecule has 0 radical (unpaired) electrons. The summed E-state index contributed by atoms with van der Waals surface area (Å²) in [4.78, 5) is 28.4. The van der Waals surface area contributed by atoms with Crippen LogP contribution in [-0.2, 0) is 11.3 Å². The Morgan fingerprint density at radius 1 is 1.19 bits per heavy atom. The van der Waals surface area contributed by atoms with Crippen LogP contribution >= 0.6 is 0 Å². The van der Waals surface area contributed by atoms with Gasteiger partial charge in [0.25, 0.3) is 5.91 Å². The first kappa shape index (κ1) is 19.2. The second-order valence-electron chi connectivity index (χ2n) is 7.00. The molecule has 0 saturated carbocycles. The number of likely N-dealkylation sites (tertiary alicyclic amines) is 1. The van der Waals surface area contributed by atoms with Gasteiger partial charge >= 0.3 is 0 Å². The number of hydrogen-bond acceptors (Lipinski definition) is 5. The number of amides is 1. The molecule has 1 fully saturated rings. The van der Waals surface area contributed by atoms with E-state index in [1.54, 1.807) is 30.5 Å². The Bertz CT molecular complexity index is 747. The SMILES string of the molecule is CC(=O)c1ccc(OCC(=O)N(Cc2ccco2)C2CCN(C)CC2)cc1. The highest BCUT2D eigenvalue weighted by Gasteiger charge is 2.28. The lowest BCUT2D eigenvalue weighted by atomic mass is 10.0. The maximum absolute atomic E-state index is 12.9. The molecule has 2 aromatic rings. The Balaban J connectivity index is 1.63. The Morgan fingerprint density at radius 2 is 1.89 bits per heavy atom. The number of nitrogens with zero attached hydrogens (tertiary/aromatic N) is 2. The van der Waals surface area contributed by atoms with Crippen molar-refractivity contribution in [2.24, 2.45) is 0 Å². The molecule has 0 unspecified atom stereocenters. The van der Waals surface area contributed by atoms with Gasteiger partial charge in [0.1, 0.15) is 11.5 Å². The summed E-state index contributed by atoms with van der Waals surface area (Å²) in [6, 6.07) is 10.8. The van der Waals surface area contributed by atoms with Crippen molar-refractivity contribution in [2.45, 2.75) is 32.4 Å². The Morgan fingerprint density at radius 3 is 2.48 bits per heavy atom. The third kappa shape index (κ3) is 5.20. The zero-order valence-electron chi connectivity index (χ0n) is 15.9. The van der Waals surface area contributed by atoms with Crippen LogP contribution in [0.5, 0.6) is 5.75 Å². The first-order chi connectivity index (χ1) is 13.0. The molecule has 2 heterocycles. The van der Waals surface area contributed by atoms with E-state index >= 15 is 0 Å². The molecule has 1 aromatic heterocycles. The lowest BCUT2D eigenvalue weighted by Crippen LogP contribution is -2.47. The molecular formula is C21H26N2O4. The largest absolute Gasteiger partial charge is 0.484 e. The van der Waals surface area contributed by atoms with Crippen LogP contribution < -0.4 is 4.74 Å². The summed E-state index contributed by atoms with van der Waals surface area (Å²) in [7, 11) is 2.10. The van der Waals surface area contributed by atoms with Crippen molar-refractivity contribution in [1.82, 2.24) is 9.80 Å². The summed E-state index contributed by atoms with van der Waals surface area (Å²) < 4.78 is 11.1. The van der Waals surface area contributed by atoms with E-state index in [-0.39, 0.29) is 24.3 Å². The monoisotopic (exact) mass is 370 g/mol. The first-order valence-electron chi connectivity index (χ1n) is 9.27. The quantitative estimate of drug-likeness (QED) is 0.701. The predicted octanol–water partition coefficient (Wildman–Crippen LogP) is 2.98. The Kier molecular flexibility index (Phi) is 6.29. The smallest absolute Gasteiger partial charge is 0.261 e. The third-order valence-electron chi connectivity index (χ3n) is 4.98. The first-order valence-corrected chi connectivity index (χ1v) is 9.27. The zero-order chi connectivity index (χ0) is 19.2. The van der Waals surface area contributed by atoms with Crippen molar-refractivity contribution >= 4 is 11.7 Å². The van der Waals surface area contributed by atoms with E-state index in [0.717, 1.165) is 31.7 Å². The van der Waals surface area contributed by atoms with E-state index in [9.17, 15) is 9.59 Å². The molecule has 27 heavy (non-hydrogen) atoms. The summed E-state index contributed by atoms with van der Waals surface area (Å²) in [5.74, 6) is 1.30. The normalized spacial score (nSPS) is 15.5. The highest BCUT2D eigenvalue weighted by Crippen LogP contribution is 2.20. The number of piperidine rings is 1. The van der Waals surface area contributed by atoms with Crippen molar-refractivity contribution < 1.29 is 18.7 Å². The summed E-state index contributed by atoms with van der Waals surface area (Å²) in [6.07, 6.45) is 3.51. The zero-order valence-corrected chi connectivity index (χ0v) is 15.9.